The van der Waals surface area contributed by atoms with Gasteiger partial charge in [0.25, 0.3) is 0 Å². The summed E-state index contributed by atoms with van der Waals surface area (Å²) in [6.45, 7) is 3.50. The van der Waals surface area contributed by atoms with Gasteiger partial charge in [-0.2, -0.15) is 0 Å². The van der Waals surface area contributed by atoms with Gasteiger partial charge in [0.2, 0.25) is 0 Å². The number of alkyl halides is 1. The van der Waals surface area contributed by atoms with Crippen molar-refractivity contribution in [2.45, 2.75) is 30.6 Å². The third-order valence-corrected chi connectivity index (χ3v) is 3.38. The van der Waals surface area contributed by atoms with Crippen LogP contribution in [0.1, 0.15) is 13.8 Å². The van der Waals surface area contributed by atoms with Crippen LogP contribution in [0.3, 0.4) is 0 Å². The Bertz CT molecular complexity index is 229. The molecule has 0 radical (unpaired) electrons. The Balaban J connectivity index is 2.53. The van der Waals surface area contributed by atoms with Gasteiger partial charge >= 0.3 is 5.97 Å². The number of carbonyl (C=O) groups excluding carboxylic acids is 2. The molecular weight excluding hydrogens is 212 g/mol. The van der Waals surface area contributed by atoms with Gasteiger partial charge in [0.15, 0.2) is 11.0 Å². The van der Waals surface area contributed by atoms with E-state index in [0.29, 0.717) is 5.75 Å². The molecule has 1 aliphatic heterocycles. The lowest BCUT2D eigenvalue weighted by Gasteiger charge is -2.10. The molecule has 1 rings (SSSR count). The Kier molecular flexibility index (Phi) is 3.62. The van der Waals surface area contributed by atoms with Crippen LogP contribution >= 0.6 is 23.4 Å². The number of ether oxygens (including phenoxy) is 1. The van der Waals surface area contributed by atoms with Gasteiger partial charge in [-0.05, 0) is 13.8 Å². The van der Waals surface area contributed by atoms with Crippen LogP contribution in [-0.4, -0.2) is 34.2 Å². The second-order valence-electron chi connectivity index (χ2n) is 3.07. The van der Waals surface area contributed by atoms with Gasteiger partial charge < -0.3 is 4.74 Å². The lowest BCUT2D eigenvalue weighted by molar-refractivity contribution is -0.148. The highest BCUT2D eigenvalue weighted by molar-refractivity contribution is 8.02. The van der Waals surface area contributed by atoms with Gasteiger partial charge in [-0.25, -0.2) is 0 Å². The summed E-state index contributed by atoms with van der Waals surface area (Å²) in [4.78, 5) is 22.6. The minimum absolute atomic E-state index is 0.185. The lowest BCUT2D eigenvalue weighted by Crippen LogP contribution is -2.30. The zero-order chi connectivity index (χ0) is 10.0. The molecule has 0 amide bonds. The molecule has 1 heterocycles. The van der Waals surface area contributed by atoms with Crippen molar-refractivity contribution in [2.24, 2.45) is 0 Å². The van der Waals surface area contributed by atoms with Crippen molar-refractivity contribution in [3.63, 3.8) is 0 Å². The zero-order valence-electron chi connectivity index (χ0n) is 7.45. The summed E-state index contributed by atoms with van der Waals surface area (Å²) in [5, 5.41) is -1.24. The molecule has 74 valence electrons. The van der Waals surface area contributed by atoms with Crippen LogP contribution in [0.4, 0.5) is 0 Å². The first-order valence-electron chi connectivity index (χ1n) is 4.02. The van der Waals surface area contributed by atoms with E-state index in [1.165, 1.54) is 11.8 Å². The van der Waals surface area contributed by atoms with Crippen LogP contribution in [0.5, 0.6) is 0 Å². The molecule has 0 bridgehead atoms. The normalized spacial score (nSPS) is 28.2. The van der Waals surface area contributed by atoms with Crippen molar-refractivity contribution < 1.29 is 14.3 Å². The van der Waals surface area contributed by atoms with Crippen molar-refractivity contribution in [1.29, 1.82) is 0 Å². The van der Waals surface area contributed by atoms with E-state index >= 15 is 0 Å². The summed E-state index contributed by atoms with van der Waals surface area (Å²) in [6, 6.07) is 0. The molecule has 0 aromatic rings. The lowest BCUT2D eigenvalue weighted by atomic mass is 10.2. The van der Waals surface area contributed by atoms with Crippen molar-refractivity contribution in [1.82, 2.24) is 0 Å². The molecule has 1 saturated heterocycles. The smallest absolute Gasteiger partial charge is 0.327 e. The molecule has 2 unspecified atom stereocenters. The number of thioether (sulfide) groups is 1. The van der Waals surface area contributed by atoms with E-state index in [1.54, 1.807) is 13.8 Å². The summed E-state index contributed by atoms with van der Waals surface area (Å²) in [5.74, 6) is -0.191. The van der Waals surface area contributed by atoms with Crippen molar-refractivity contribution >= 4 is 35.1 Å². The summed E-state index contributed by atoms with van der Waals surface area (Å²) in [6.07, 6.45) is -0.185. The van der Waals surface area contributed by atoms with Crippen molar-refractivity contribution in [3.8, 4) is 0 Å². The fourth-order valence-electron chi connectivity index (χ4n) is 0.988. The first kappa shape index (κ1) is 10.9. The fraction of sp³-hybridized carbons (Fsp3) is 0.750. The van der Waals surface area contributed by atoms with E-state index in [0.717, 1.165) is 0 Å². The standard InChI is InChI=1S/C8H11ClO3S/c1-4(2)12-8(11)7-6(10)5(9)3-13-7/h4-5,7H,3H2,1-2H3. The SMILES string of the molecule is CC(C)OC(=O)C1SCC(Cl)C1=O. The number of hydrogen-bond acceptors (Lipinski definition) is 4. The number of halogens is 1. The van der Waals surface area contributed by atoms with E-state index in [1.807, 2.05) is 0 Å². The van der Waals surface area contributed by atoms with E-state index in [4.69, 9.17) is 16.3 Å². The molecule has 1 aliphatic rings. The number of hydrogen-bond donors (Lipinski definition) is 0. The summed E-state index contributed by atoms with van der Waals surface area (Å²) in [5.41, 5.74) is 0. The first-order chi connectivity index (χ1) is 6.02. The topological polar surface area (TPSA) is 43.4 Å². The molecule has 3 nitrogen and oxygen atoms in total. The Morgan fingerprint density at radius 3 is 2.69 bits per heavy atom. The second-order valence-corrected chi connectivity index (χ2v) is 4.73. The number of carbonyl (C=O) groups is 2. The van der Waals surface area contributed by atoms with E-state index in [9.17, 15) is 9.59 Å². The molecule has 2 atom stereocenters. The molecule has 13 heavy (non-hydrogen) atoms. The summed E-state index contributed by atoms with van der Waals surface area (Å²) in [7, 11) is 0. The molecule has 0 aromatic carbocycles. The highest BCUT2D eigenvalue weighted by Gasteiger charge is 2.39. The average molecular weight is 223 g/mol. The van der Waals surface area contributed by atoms with Crippen LogP contribution in [0.2, 0.25) is 0 Å². The fourth-order valence-corrected chi connectivity index (χ4v) is 2.45. The van der Waals surface area contributed by atoms with Gasteiger partial charge in [-0.15, -0.1) is 23.4 Å². The predicted molar refractivity (Wildman–Crippen MR) is 52.1 cm³/mol. The number of ketones is 1. The van der Waals surface area contributed by atoms with Gasteiger partial charge in [0.05, 0.1) is 6.10 Å². The third kappa shape index (κ3) is 2.61. The minimum Gasteiger partial charge on any atom is -0.462 e. The van der Waals surface area contributed by atoms with E-state index < -0.39 is 16.6 Å². The Hall–Kier alpha value is -0.220. The maximum Gasteiger partial charge on any atom is 0.327 e. The van der Waals surface area contributed by atoms with Crippen LogP contribution in [0, 0.1) is 0 Å². The molecule has 0 saturated carbocycles. The number of Topliss-reactive ketones (excluding diaryl/α,β-unsaturated/α-hetero) is 1. The molecule has 0 N–H and O–H groups in total. The maximum absolute atomic E-state index is 11.3. The largest absolute Gasteiger partial charge is 0.462 e. The number of esters is 1. The van der Waals surface area contributed by atoms with Crippen molar-refractivity contribution in [2.75, 3.05) is 5.75 Å². The zero-order valence-corrected chi connectivity index (χ0v) is 9.02. The Morgan fingerprint density at radius 1 is 1.69 bits per heavy atom. The monoisotopic (exact) mass is 222 g/mol. The highest BCUT2D eigenvalue weighted by Crippen LogP contribution is 2.28. The number of rotatable bonds is 2. The summed E-state index contributed by atoms with van der Waals surface area (Å²) >= 11 is 6.91. The van der Waals surface area contributed by atoms with Gasteiger partial charge in [-0.1, -0.05) is 0 Å². The maximum atomic E-state index is 11.3. The van der Waals surface area contributed by atoms with Gasteiger partial charge in [0, 0.05) is 5.75 Å². The molecular formula is C8H11ClO3S. The molecule has 5 heteroatoms. The van der Waals surface area contributed by atoms with Crippen LogP contribution < -0.4 is 0 Å². The van der Waals surface area contributed by atoms with Crippen LogP contribution in [0.15, 0.2) is 0 Å². The molecule has 0 aliphatic carbocycles. The summed E-state index contributed by atoms with van der Waals surface area (Å²) < 4.78 is 4.91. The van der Waals surface area contributed by atoms with Gasteiger partial charge in [-0.3, -0.25) is 9.59 Å². The second kappa shape index (κ2) is 4.33. The van der Waals surface area contributed by atoms with Crippen molar-refractivity contribution in [3.05, 3.63) is 0 Å². The Labute approximate surface area is 86.2 Å². The first-order valence-corrected chi connectivity index (χ1v) is 5.50. The van der Waals surface area contributed by atoms with Gasteiger partial charge in [0.1, 0.15) is 5.38 Å². The molecule has 1 fully saturated rings. The average Bonchev–Trinajstić information content (AvgIpc) is 2.31. The van der Waals surface area contributed by atoms with Crippen LogP contribution in [-0.2, 0) is 14.3 Å². The molecule has 0 aromatic heterocycles. The molecule has 0 spiro atoms. The van der Waals surface area contributed by atoms with E-state index in [-0.39, 0.29) is 11.9 Å². The quantitative estimate of drug-likeness (QED) is 0.401. The van der Waals surface area contributed by atoms with E-state index in [2.05, 4.69) is 0 Å². The third-order valence-electron chi connectivity index (χ3n) is 1.54. The van der Waals surface area contributed by atoms with Crippen LogP contribution in [0.25, 0.3) is 0 Å². The predicted octanol–water partition coefficient (Wildman–Crippen LogP) is 1.23. The Morgan fingerprint density at radius 2 is 2.31 bits per heavy atom. The minimum atomic E-state index is -0.704. The highest BCUT2D eigenvalue weighted by atomic mass is 35.5.